The van der Waals surface area contributed by atoms with Gasteiger partial charge >= 0.3 is 0 Å². The molecule has 84 valence electrons. The second-order valence-electron chi connectivity index (χ2n) is 3.26. The quantitative estimate of drug-likeness (QED) is 0.657. The van der Waals surface area contributed by atoms with Crippen LogP contribution >= 0.6 is 22.6 Å². The van der Waals surface area contributed by atoms with Crippen LogP contribution < -0.4 is 0 Å². The van der Waals surface area contributed by atoms with Gasteiger partial charge in [-0.15, -0.1) is 0 Å². The molecule has 0 amide bonds. The molecule has 0 atom stereocenters. The number of rotatable bonds is 2. The van der Waals surface area contributed by atoms with Crippen LogP contribution in [-0.4, -0.2) is 5.11 Å². The molecule has 0 saturated heterocycles. The Morgan fingerprint density at radius 1 is 0.750 bits per heavy atom. The normalized spacial score (nSPS) is 9.12. The number of alkyl halides is 1. The van der Waals surface area contributed by atoms with Gasteiger partial charge in [-0.3, -0.25) is 0 Å². The van der Waals surface area contributed by atoms with Gasteiger partial charge in [0.05, 0.1) is 6.61 Å². The van der Waals surface area contributed by atoms with Crippen LogP contribution in [0.25, 0.3) is 0 Å². The molecule has 1 nitrogen and oxygen atoms in total. The minimum atomic E-state index is 0.140. The zero-order valence-corrected chi connectivity index (χ0v) is 11.2. The topological polar surface area (TPSA) is 20.2 Å². The average molecular weight is 326 g/mol. The predicted octanol–water partition coefficient (Wildman–Crippen LogP) is 3.80. The third-order valence-corrected chi connectivity index (χ3v) is 2.90. The average Bonchev–Trinajstić information content (AvgIpc) is 2.41. The fraction of sp³-hybridized carbons (Fsp3) is 0.143. The van der Waals surface area contributed by atoms with Crippen molar-refractivity contribution in [2.45, 2.75) is 11.0 Å². The van der Waals surface area contributed by atoms with Crippen LogP contribution in [0.3, 0.4) is 0 Å². The highest BCUT2D eigenvalue weighted by atomic mass is 127. The van der Waals surface area contributed by atoms with Crippen LogP contribution in [0.1, 0.15) is 11.1 Å². The van der Waals surface area contributed by atoms with Gasteiger partial charge in [-0.1, -0.05) is 83.3 Å². The fourth-order valence-corrected chi connectivity index (χ4v) is 1.66. The maximum Gasteiger partial charge on any atom is 0.0681 e. The number of aliphatic hydroxyl groups excluding tert-OH is 1. The van der Waals surface area contributed by atoms with E-state index in [1.165, 1.54) is 5.56 Å². The molecule has 0 aliphatic carbocycles. The number of halogens is 1. The van der Waals surface area contributed by atoms with E-state index in [4.69, 9.17) is 5.11 Å². The molecule has 0 aromatic heterocycles. The van der Waals surface area contributed by atoms with Crippen molar-refractivity contribution in [1.29, 1.82) is 0 Å². The number of hydrogen-bond donors (Lipinski definition) is 1. The standard InChI is InChI=1S/C7H7I.C7H8O/c2*8-6-7-4-2-1-3-5-7/h1-5H,6H2;1-5,8H,6H2. The Morgan fingerprint density at radius 3 is 1.44 bits per heavy atom. The van der Waals surface area contributed by atoms with Crippen LogP contribution in [0.15, 0.2) is 60.7 Å². The molecule has 0 spiro atoms. The molecule has 16 heavy (non-hydrogen) atoms. The Bertz CT molecular complexity index is 333. The van der Waals surface area contributed by atoms with E-state index in [1.54, 1.807) is 0 Å². The Labute approximate surface area is 110 Å². The zero-order chi connectivity index (χ0) is 11.6. The molecular formula is C14H15IO. The maximum absolute atomic E-state index is 8.54. The van der Waals surface area contributed by atoms with Gasteiger partial charge in [0.2, 0.25) is 0 Å². The fourth-order valence-electron chi connectivity index (χ4n) is 1.15. The summed E-state index contributed by atoms with van der Waals surface area (Å²) in [5, 5.41) is 8.54. The lowest BCUT2D eigenvalue weighted by molar-refractivity contribution is 0.282. The van der Waals surface area contributed by atoms with Crippen LogP contribution in [0.5, 0.6) is 0 Å². The van der Waals surface area contributed by atoms with Gasteiger partial charge in [0.15, 0.2) is 0 Å². The highest BCUT2D eigenvalue weighted by Gasteiger charge is 1.81. The Kier molecular flexibility index (Phi) is 6.85. The third-order valence-electron chi connectivity index (χ3n) is 2.02. The molecule has 1 N–H and O–H groups in total. The lowest BCUT2D eigenvalue weighted by atomic mass is 10.2. The molecular weight excluding hydrogens is 311 g/mol. The lowest BCUT2D eigenvalue weighted by Gasteiger charge is -1.89. The van der Waals surface area contributed by atoms with Gasteiger partial charge < -0.3 is 5.11 Å². The second kappa shape index (κ2) is 8.30. The summed E-state index contributed by atoms with van der Waals surface area (Å²) in [6.45, 7) is 0.140. The molecule has 2 aromatic rings. The van der Waals surface area contributed by atoms with E-state index in [-0.39, 0.29) is 6.61 Å². The summed E-state index contributed by atoms with van der Waals surface area (Å²) in [7, 11) is 0. The number of aliphatic hydroxyl groups is 1. The highest BCUT2D eigenvalue weighted by Crippen LogP contribution is 2.02. The summed E-state index contributed by atoms with van der Waals surface area (Å²) in [4.78, 5) is 0. The van der Waals surface area contributed by atoms with Crippen molar-refractivity contribution in [1.82, 2.24) is 0 Å². The smallest absolute Gasteiger partial charge is 0.0681 e. The molecule has 0 unspecified atom stereocenters. The maximum atomic E-state index is 8.54. The van der Waals surface area contributed by atoms with Gasteiger partial charge in [0, 0.05) is 4.43 Å². The summed E-state index contributed by atoms with van der Waals surface area (Å²) in [5.41, 5.74) is 2.36. The van der Waals surface area contributed by atoms with Crippen molar-refractivity contribution in [3.8, 4) is 0 Å². The first-order valence-electron chi connectivity index (χ1n) is 5.11. The molecule has 2 rings (SSSR count). The predicted molar refractivity (Wildman–Crippen MR) is 76.5 cm³/mol. The van der Waals surface area contributed by atoms with Gasteiger partial charge in [-0.05, 0) is 11.1 Å². The number of benzene rings is 2. The number of hydrogen-bond acceptors (Lipinski definition) is 1. The van der Waals surface area contributed by atoms with Crippen LogP contribution in [0.2, 0.25) is 0 Å². The second-order valence-corrected chi connectivity index (χ2v) is 4.03. The van der Waals surface area contributed by atoms with E-state index in [9.17, 15) is 0 Å². The molecule has 0 bridgehead atoms. The summed E-state index contributed by atoms with van der Waals surface area (Å²) in [5.74, 6) is 0. The summed E-state index contributed by atoms with van der Waals surface area (Å²) in [6.07, 6.45) is 0. The Hall–Kier alpha value is -0.870. The summed E-state index contributed by atoms with van der Waals surface area (Å²) >= 11 is 2.35. The van der Waals surface area contributed by atoms with E-state index in [1.807, 2.05) is 36.4 Å². The monoisotopic (exact) mass is 326 g/mol. The minimum Gasteiger partial charge on any atom is -0.392 e. The highest BCUT2D eigenvalue weighted by molar-refractivity contribution is 14.1. The summed E-state index contributed by atoms with van der Waals surface area (Å²) < 4.78 is 1.11. The van der Waals surface area contributed by atoms with E-state index in [2.05, 4.69) is 46.9 Å². The molecule has 2 aromatic carbocycles. The van der Waals surface area contributed by atoms with Crippen molar-refractivity contribution in [3.05, 3.63) is 71.8 Å². The molecule has 0 saturated carbocycles. The first-order chi connectivity index (χ1) is 7.86. The van der Waals surface area contributed by atoms with Crippen LogP contribution in [0.4, 0.5) is 0 Å². The summed E-state index contributed by atoms with van der Waals surface area (Å²) in [6, 6.07) is 20.0. The van der Waals surface area contributed by atoms with E-state index < -0.39 is 0 Å². The SMILES string of the molecule is ICc1ccccc1.OCc1ccccc1. The van der Waals surface area contributed by atoms with Crippen LogP contribution in [-0.2, 0) is 11.0 Å². The van der Waals surface area contributed by atoms with Gasteiger partial charge in [-0.2, -0.15) is 0 Å². The zero-order valence-electron chi connectivity index (χ0n) is 9.01. The molecule has 0 fully saturated rings. The van der Waals surface area contributed by atoms with E-state index in [0.717, 1.165) is 9.99 Å². The van der Waals surface area contributed by atoms with Crippen molar-refractivity contribution in [2.24, 2.45) is 0 Å². The van der Waals surface area contributed by atoms with E-state index in [0.29, 0.717) is 0 Å². The van der Waals surface area contributed by atoms with Gasteiger partial charge in [0.1, 0.15) is 0 Å². The first-order valence-corrected chi connectivity index (χ1v) is 6.64. The van der Waals surface area contributed by atoms with Crippen LogP contribution in [0, 0.1) is 0 Å². The van der Waals surface area contributed by atoms with E-state index >= 15 is 0 Å². The van der Waals surface area contributed by atoms with Crippen molar-refractivity contribution in [3.63, 3.8) is 0 Å². The van der Waals surface area contributed by atoms with Crippen molar-refractivity contribution >= 4 is 22.6 Å². The Balaban J connectivity index is 0.000000160. The minimum absolute atomic E-state index is 0.140. The first kappa shape index (κ1) is 13.2. The van der Waals surface area contributed by atoms with Gasteiger partial charge in [-0.25, -0.2) is 0 Å². The largest absolute Gasteiger partial charge is 0.392 e. The molecule has 0 heterocycles. The third kappa shape index (κ3) is 5.28. The lowest BCUT2D eigenvalue weighted by Crippen LogP contribution is -1.77. The molecule has 0 aliphatic heterocycles. The van der Waals surface area contributed by atoms with Crippen molar-refractivity contribution < 1.29 is 5.11 Å². The van der Waals surface area contributed by atoms with Crippen molar-refractivity contribution in [2.75, 3.05) is 0 Å². The van der Waals surface area contributed by atoms with Gasteiger partial charge in [0.25, 0.3) is 0 Å². The Morgan fingerprint density at radius 2 is 1.19 bits per heavy atom. The molecule has 2 heteroatoms. The molecule has 0 radical (unpaired) electrons. The molecule has 0 aliphatic rings.